The number of allylic oxidation sites excluding steroid dienone is 1. The van der Waals surface area contributed by atoms with Crippen molar-refractivity contribution < 1.29 is 4.79 Å². The van der Waals surface area contributed by atoms with Crippen molar-refractivity contribution in [2.45, 2.75) is 6.92 Å². The van der Waals surface area contributed by atoms with E-state index >= 15 is 0 Å². The highest BCUT2D eigenvalue weighted by molar-refractivity contribution is 7.16. The molecule has 0 saturated heterocycles. The van der Waals surface area contributed by atoms with Gasteiger partial charge in [0, 0.05) is 14.8 Å². The van der Waals surface area contributed by atoms with Crippen LogP contribution >= 0.6 is 22.9 Å². The maximum atomic E-state index is 10.8. The Kier molecular flexibility index (Phi) is 3.77. The number of halogens is 1. The molecule has 0 saturated carbocycles. The Morgan fingerprint density at radius 2 is 2.12 bits per heavy atom. The summed E-state index contributed by atoms with van der Waals surface area (Å²) in [5.74, 6) is 0.0581. The van der Waals surface area contributed by atoms with Gasteiger partial charge in [0.25, 0.3) is 0 Å². The first kappa shape index (κ1) is 12.1. The van der Waals surface area contributed by atoms with Gasteiger partial charge in [0.2, 0.25) is 0 Å². The Morgan fingerprint density at radius 3 is 2.82 bits per heavy atom. The van der Waals surface area contributed by atoms with E-state index in [4.69, 9.17) is 11.6 Å². The van der Waals surface area contributed by atoms with Crippen LogP contribution in [0.25, 0.3) is 16.5 Å². The SMILES string of the molecule is CC(=O)C=Cc1ccc(-c2cccc(Cl)c2)s1. The fourth-order valence-corrected chi connectivity index (χ4v) is 2.54. The number of hydrogen-bond donors (Lipinski definition) is 0. The molecule has 0 spiro atoms. The van der Waals surface area contributed by atoms with Gasteiger partial charge >= 0.3 is 0 Å². The second-order valence-electron chi connectivity index (χ2n) is 3.66. The molecule has 1 heterocycles. The molecular weight excluding hydrogens is 252 g/mol. The zero-order chi connectivity index (χ0) is 12.3. The van der Waals surface area contributed by atoms with Crippen LogP contribution in [0.3, 0.4) is 0 Å². The van der Waals surface area contributed by atoms with Gasteiger partial charge in [-0.25, -0.2) is 0 Å². The second kappa shape index (κ2) is 5.30. The first-order chi connectivity index (χ1) is 8.15. The summed E-state index contributed by atoms with van der Waals surface area (Å²) in [7, 11) is 0. The largest absolute Gasteiger partial charge is 0.295 e. The van der Waals surface area contributed by atoms with Crippen molar-refractivity contribution in [2.75, 3.05) is 0 Å². The molecule has 0 aliphatic rings. The molecule has 3 heteroatoms. The number of carbonyl (C=O) groups is 1. The number of thiophene rings is 1. The first-order valence-corrected chi connectivity index (χ1v) is 6.39. The topological polar surface area (TPSA) is 17.1 Å². The first-order valence-electron chi connectivity index (χ1n) is 5.19. The van der Waals surface area contributed by atoms with Crippen molar-refractivity contribution in [2.24, 2.45) is 0 Å². The second-order valence-corrected chi connectivity index (χ2v) is 5.21. The van der Waals surface area contributed by atoms with E-state index < -0.39 is 0 Å². The molecule has 0 radical (unpaired) electrons. The average Bonchev–Trinajstić information content (AvgIpc) is 2.75. The molecule has 0 atom stereocenters. The third kappa shape index (κ3) is 3.29. The predicted molar refractivity (Wildman–Crippen MR) is 74.5 cm³/mol. The maximum Gasteiger partial charge on any atom is 0.152 e. The Bertz CT molecular complexity index is 569. The molecule has 1 aromatic carbocycles. The summed E-state index contributed by atoms with van der Waals surface area (Å²) >= 11 is 7.59. The van der Waals surface area contributed by atoms with Crippen LogP contribution in [0.1, 0.15) is 11.8 Å². The molecule has 1 aromatic heterocycles. The van der Waals surface area contributed by atoms with E-state index in [1.165, 1.54) is 0 Å². The minimum atomic E-state index is 0.0581. The normalized spacial score (nSPS) is 10.9. The molecule has 0 N–H and O–H groups in total. The molecule has 86 valence electrons. The van der Waals surface area contributed by atoms with Crippen molar-refractivity contribution in [3.8, 4) is 10.4 Å². The minimum absolute atomic E-state index is 0.0581. The van der Waals surface area contributed by atoms with Crippen molar-refractivity contribution in [1.29, 1.82) is 0 Å². The highest BCUT2D eigenvalue weighted by atomic mass is 35.5. The smallest absolute Gasteiger partial charge is 0.152 e. The number of carbonyl (C=O) groups excluding carboxylic acids is 1. The zero-order valence-electron chi connectivity index (χ0n) is 9.31. The van der Waals surface area contributed by atoms with Crippen LogP contribution in [-0.4, -0.2) is 5.78 Å². The molecule has 0 amide bonds. The molecule has 17 heavy (non-hydrogen) atoms. The third-order valence-corrected chi connectivity index (χ3v) is 3.55. The van der Waals surface area contributed by atoms with Crippen molar-refractivity contribution in [3.63, 3.8) is 0 Å². The number of ketones is 1. The number of hydrogen-bond acceptors (Lipinski definition) is 2. The summed E-state index contributed by atoms with van der Waals surface area (Å²) in [6.07, 6.45) is 3.41. The number of rotatable bonds is 3. The summed E-state index contributed by atoms with van der Waals surface area (Å²) in [5.41, 5.74) is 1.10. The molecule has 0 fully saturated rings. The standard InChI is InChI=1S/C14H11ClOS/c1-10(16)5-6-13-7-8-14(17-13)11-3-2-4-12(15)9-11/h2-9H,1H3. The predicted octanol–water partition coefficient (Wildman–Crippen LogP) is 4.67. The summed E-state index contributed by atoms with van der Waals surface area (Å²) in [4.78, 5) is 13.1. The quantitative estimate of drug-likeness (QED) is 0.735. The van der Waals surface area contributed by atoms with E-state index in [2.05, 4.69) is 0 Å². The van der Waals surface area contributed by atoms with Gasteiger partial charge in [-0.15, -0.1) is 11.3 Å². The van der Waals surface area contributed by atoms with Crippen LogP contribution in [0.4, 0.5) is 0 Å². The van der Waals surface area contributed by atoms with Gasteiger partial charge in [-0.2, -0.15) is 0 Å². The molecule has 0 aliphatic heterocycles. The van der Waals surface area contributed by atoms with Gasteiger partial charge in [-0.1, -0.05) is 23.7 Å². The Hall–Kier alpha value is -1.38. The van der Waals surface area contributed by atoms with E-state index in [1.54, 1.807) is 24.3 Å². The van der Waals surface area contributed by atoms with E-state index in [9.17, 15) is 4.79 Å². The van der Waals surface area contributed by atoms with Gasteiger partial charge in [0.05, 0.1) is 0 Å². The van der Waals surface area contributed by atoms with E-state index in [-0.39, 0.29) is 5.78 Å². The van der Waals surface area contributed by atoms with E-state index in [1.807, 2.05) is 42.5 Å². The van der Waals surface area contributed by atoms with Crippen LogP contribution < -0.4 is 0 Å². The van der Waals surface area contributed by atoms with Gasteiger partial charge in [-0.05, 0) is 48.9 Å². The maximum absolute atomic E-state index is 10.8. The highest BCUT2D eigenvalue weighted by Crippen LogP contribution is 2.30. The highest BCUT2D eigenvalue weighted by Gasteiger charge is 2.01. The van der Waals surface area contributed by atoms with Crippen molar-refractivity contribution in [3.05, 3.63) is 52.4 Å². The fourth-order valence-electron chi connectivity index (χ4n) is 1.44. The number of benzene rings is 1. The lowest BCUT2D eigenvalue weighted by Crippen LogP contribution is -1.77. The third-order valence-electron chi connectivity index (χ3n) is 2.22. The molecule has 0 unspecified atom stereocenters. The molecule has 2 aromatic rings. The lowest BCUT2D eigenvalue weighted by Gasteiger charge is -1.96. The summed E-state index contributed by atoms with van der Waals surface area (Å²) < 4.78 is 0. The molecule has 2 rings (SSSR count). The van der Waals surface area contributed by atoms with Gasteiger partial charge in [0.15, 0.2) is 5.78 Å². The van der Waals surface area contributed by atoms with Gasteiger partial charge in [0.1, 0.15) is 0 Å². The molecule has 0 bridgehead atoms. The average molecular weight is 263 g/mol. The van der Waals surface area contributed by atoms with Gasteiger partial charge < -0.3 is 0 Å². The summed E-state index contributed by atoms with van der Waals surface area (Å²) in [6.45, 7) is 1.54. The van der Waals surface area contributed by atoms with Crippen LogP contribution in [0.5, 0.6) is 0 Å². The van der Waals surface area contributed by atoms with E-state index in [0.29, 0.717) is 0 Å². The lowest BCUT2D eigenvalue weighted by atomic mass is 10.2. The lowest BCUT2D eigenvalue weighted by molar-refractivity contribution is -0.112. The van der Waals surface area contributed by atoms with Gasteiger partial charge in [-0.3, -0.25) is 4.79 Å². The van der Waals surface area contributed by atoms with Crippen molar-refractivity contribution in [1.82, 2.24) is 0 Å². The van der Waals surface area contributed by atoms with Crippen LogP contribution in [0.2, 0.25) is 5.02 Å². The summed E-state index contributed by atoms with van der Waals surface area (Å²) in [6, 6.07) is 11.8. The Balaban J connectivity index is 2.27. The molecule has 1 nitrogen and oxygen atoms in total. The molecule has 0 aliphatic carbocycles. The van der Waals surface area contributed by atoms with E-state index in [0.717, 1.165) is 20.3 Å². The monoisotopic (exact) mass is 262 g/mol. The molecular formula is C14H11ClOS. The Morgan fingerprint density at radius 1 is 1.29 bits per heavy atom. The van der Waals surface area contributed by atoms with Crippen molar-refractivity contribution >= 4 is 34.8 Å². The van der Waals surface area contributed by atoms with Crippen LogP contribution in [0, 0.1) is 0 Å². The van der Waals surface area contributed by atoms with Crippen LogP contribution in [-0.2, 0) is 4.79 Å². The fraction of sp³-hybridized carbons (Fsp3) is 0.0714. The minimum Gasteiger partial charge on any atom is -0.295 e. The zero-order valence-corrected chi connectivity index (χ0v) is 10.9. The van der Waals surface area contributed by atoms with Crippen LogP contribution in [0.15, 0.2) is 42.5 Å². The Labute approximate surface area is 109 Å². The summed E-state index contributed by atoms with van der Waals surface area (Å²) in [5, 5.41) is 0.733.